The van der Waals surface area contributed by atoms with Crippen LogP contribution < -0.4 is 5.32 Å². The highest BCUT2D eigenvalue weighted by molar-refractivity contribution is 5.79. The highest BCUT2D eigenvalue weighted by Crippen LogP contribution is 2.29. The average Bonchev–Trinajstić information content (AvgIpc) is 2.85. The van der Waals surface area contributed by atoms with Gasteiger partial charge in [0.25, 0.3) is 5.91 Å². The number of aromatic nitrogens is 2. The Morgan fingerprint density at radius 1 is 1.50 bits per heavy atom. The zero-order valence-electron chi connectivity index (χ0n) is 8.64. The number of nitrogens with zero attached hydrogens (tertiary/aromatic N) is 2. The Balaban J connectivity index is 2.01. The van der Waals surface area contributed by atoms with Crippen LogP contribution in [-0.2, 0) is 4.79 Å². The molecular formula is C10H13F2N3O. The summed E-state index contributed by atoms with van der Waals surface area (Å²) in [5.74, 6) is -1.18. The number of hydrogen-bond donors (Lipinski definition) is 1. The Bertz CT molecular complexity index is 353. The molecule has 0 spiro atoms. The van der Waals surface area contributed by atoms with Gasteiger partial charge in [0.05, 0.1) is 12.4 Å². The van der Waals surface area contributed by atoms with Crippen LogP contribution >= 0.6 is 0 Å². The molecule has 1 aromatic rings. The predicted molar refractivity (Wildman–Crippen MR) is 53.0 cm³/mol. The van der Waals surface area contributed by atoms with E-state index in [4.69, 9.17) is 0 Å². The monoisotopic (exact) mass is 229 g/mol. The van der Waals surface area contributed by atoms with E-state index < -0.39 is 12.3 Å². The number of carbonyl (C=O) groups is 1. The van der Waals surface area contributed by atoms with Crippen molar-refractivity contribution in [2.24, 2.45) is 0 Å². The number of imidazole rings is 1. The van der Waals surface area contributed by atoms with Crippen molar-refractivity contribution in [3.63, 3.8) is 0 Å². The Hall–Kier alpha value is -1.46. The van der Waals surface area contributed by atoms with E-state index in [9.17, 15) is 13.6 Å². The van der Waals surface area contributed by atoms with Gasteiger partial charge in [-0.1, -0.05) is 0 Å². The van der Waals surface area contributed by atoms with E-state index in [1.54, 1.807) is 18.7 Å². The standard InChI is InChI=1S/C10H13F2N3O/c11-9(12)10(16)14-7-2-1-3-8(7)15-5-4-13-6-15/h4-9H,1-3H2,(H,14,16). The van der Waals surface area contributed by atoms with Gasteiger partial charge in [-0.15, -0.1) is 0 Å². The smallest absolute Gasteiger partial charge is 0.315 e. The van der Waals surface area contributed by atoms with Gasteiger partial charge in [-0.3, -0.25) is 4.79 Å². The van der Waals surface area contributed by atoms with Gasteiger partial charge in [0, 0.05) is 18.4 Å². The fourth-order valence-electron chi connectivity index (χ4n) is 2.18. The zero-order valence-corrected chi connectivity index (χ0v) is 8.64. The summed E-state index contributed by atoms with van der Waals surface area (Å²) < 4.78 is 26.1. The molecule has 1 heterocycles. The lowest BCUT2D eigenvalue weighted by Gasteiger charge is -2.21. The largest absolute Gasteiger partial charge is 0.346 e. The molecule has 0 aromatic carbocycles. The average molecular weight is 229 g/mol. The van der Waals surface area contributed by atoms with Crippen molar-refractivity contribution in [3.8, 4) is 0 Å². The van der Waals surface area contributed by atoms with Crippen molar-refractivity contribution < 1.29 is 13.6 Å². The second kappa shape index (κ2) is 4.59. The molecule has 1 N–H and O–H groups in total. The molecule has 16 heavy (non-hydrogen) atoms. The highest BCUT2D eigenvalue weighted by Gasteiger charge is 2.31. The molecule has 1 aliphatic carbocycles. The Morgan fingerprint density at radius 2 is 2.31 bits per heavy atom. The summed E-state index contributed by atoms with van der Waals surface area (Å²) in [5, 5.41) is 2.38. The van der Waals surface area contributed by atoms with Crippen LogP contribution in [0.15, 0.2) is 18.7 Å². The van der Waals surface area contributed by atoms with Gasteiger partial charge in [0.2, 0.25) is 0 Å². The number of alkyl halides is 2. The lowest BCUT2D eigenvalue weighted by Crippen LogP contribution is -2.41. The summed E-state index contributed by atoms with van der Waals surface area (Å²) in [6, 6.07) is -0.166. The topological polar surface area (TPSA) is 46.9 Å². The van der Waals surface area contributed by atoms with Crippen molar-refractivity contribution in [2.45, 2.75) is 37.8 Å². The molecule has 1 aromatic heterocycles. The fourth-order valence-corrected chi connectivity index (χ4v) is 2.18. The van der Waals surface area contributed by atoms with Crippen molar-refractivity contribution in [3.05, 3.63) is 18.7 Å². The first kappa shape index (κ1) is 11.0. The molecule has 2 unspecified atom stereocenters. The molecule has 4 nitrogen and oxygen atoms in total. The second-order valence-electron chi connectivity index (χ2n) is 3.92. The van der Waals surface area contributed by atoms with Gasteiger partial charge in [0.15, 0.2) is 0 Å². The molecule has 0 radical (unpaired) electrons. The molecule has 1 aliphatic rings. The van der Waals surface area contributed by atoms with Gasteiger partial charge < -0.3 is 9.88 Å². The fraction of sp³-hybridized carbons (Fsp3) is 0.600. The maximum atomic E-state index is 12.1. The van der Waals surface area contributed by atoms with Crippen LogP contribution in [0.2, 0.25) is 0 Å². The second-order valence-corrected chi connectivity index (χ2v) is 3.92. The predicted octanol–water partition coefficient (Wildman–Crippen LogP) is 1.36. The van der Waals surface area contributed by atoms with E-state index in [-0.39, 0.29) is 12.1 Å². The highest BCUT2D eigenvalue weighted by atomic mass is 19.3. The molecule has 2 rings (SSSR count). The van der Waals surface area contributed by atoms with Crippen LogP contribution in [0, 0.1) is 0 Å². The van der Waals surface area contributed by atoms with Crippen molar-refractivity contribution in [2.75, 3.05) is 0 Å². The number of hydrogen-bond acceptors (Lipinski definition) is 2. The van der Waals surface area contributed by atoms with Gasteiger partial charge in [-0.2, -0.15) is 8.78 Å². The molecule has 88 valence electrons. The maximum absolute atomic E-state index is 12.1. The van der Waals surface area contributed by atoms with Crippen molar-refractivity contribution >= 4 is 5.91 Å². The number of rotatable bonds is 3. The van der Waals surface area contributed by atoms with E-state index in [0.717, 1.165) is 19.3 Å². The van der Waals surface area contributed by atoms with Crippen LogP contribution in [0.5, 0.6) is 0 Å². The minimum Gasteiger partial charge on any atom is -0.346 e. The minimum atomic E-state index is -2.94. The van der Waals surface area contributed by atoms with Crippen LogP contribution in [0.3, 0.4) is 0 Å². The summed E-state index contributed by atoms with van der Waals surface area (Å²) in [6.45, 7) is 0. The first-order valence-corrected chi connectivity index (χ1v) is 5.24. The molecule has 1 saturated carbocycles. The summed E-state index contributed by atoms with van der Waals surface area (Å²) in [6.07, 6.45) is 4.69. The van der Waals surface area contributed by atoms with Gasteiger partial charge in [-0.05, 0) is 19.3 Å². The number of amides is 1. The van der Waals surface area contributed by atoms with Crippen LogP contribution in [0.25, 0.3) is 0 Å². The Morgan fingerprint density at radius 3 is 2.94 bits per heavy atom. The lowest BCUT2D eigenvalue weighted by molar-refractivity contribution is -0.132. The SMILES string of the molecule is O=C(NC1CCCC1n1ccnc1)C(F)F. The summed E-state index contributed by atoms with van der Waals surface area (Å²) in [5.41, 5.74) is 0. The maximum Gasteiger partial charge on any atom is 0.315 e. The van der Waals surface area contributed by atoms with E-state index in [2.05, 4.69) is 10.3 Å². The van der Waals surface area contributed by atoms with Crippen LogP contribution in [0.4, 0.5) is 8.78 Å². The summed E-state index contributed by atoms with van der Waals surface area (Å²) in [7, 11) is 0. The van der Waals surface area contributed by atoms with Crippen molar-refractivity contribution in [1.82, 2.24) is 14.9 Å². The quantitative estimate of drug-likeness (QED) is 0.850. The molecule has 0 bridgehead atoms. The molecule has 2 atom stereocenters. The van der Waals surface area contributed by atoms with E-state index >= 15 is 0 Å². The third-order valence-corrected chi connectivity index (χ3v) is 2.91. The first-order valence-electron chi connectivity index (χ1n) is 5.24. The molecule has 6 heteroatoms. The normalized spacial score (nSPS) is 24.9. The zero-order chi connectivity index (χ0) is 11.5. The lowest BCUT2D eigenvalue weighted by atomic mass is 10.1. The van der Waals surface area contributed by atoms with E-state index in [1.165, 1.54) is 0 Å². The van der Waals surface area contributed by atoms with Crippen LogP contribution in [-0.4, -0.2) is 27.9 Å². The molecule has 0 aliphatic heterocycles. The molecule has 1 amide bonds. The Kier molecular flexibility index (Phi) is 3.17. The number of carbonyl (C=O) groups excluding carboxylic acids is 1. The summed E-state index contributed by atoms with van der Waals surface area (Å²) >= 11 is 0. The number of halogens is 2. The van der Waals surface area contributed by atoms with E-state index in [1.807, 2.05) is 4.57 Å². The van der Waals surface area contributed by atoms with E-state index in [0.29, 0.717) is 0 Å². The van der Waals surface area contributed by atoms with Crippen LogP contribution in [0.1, 0.15) is 25.3 Å². The number of nitrogens with one attached hydrogen (secondary N) is 1. The minimum absolute atomic E-state index is 0.0465. The van der Waals surface area contributed by atoms with Gasteiger partial charge in [0.1, 0.15) is 0 Å². The first-order chi connectivity index (χ1) is 7.68. The summed E-state index contributed by atoms with van der Waals surface area (Å²) in [4.78, 5) is 14.8. The molecule has 0 saturated heterocycles. The Labute approximate surface area is 91.7 Å². The third-order valence-electron chi connectivity index (χ3n) is 2.91. The van der Waals surface area contributed by atoms with Crippen molar-refractivity contribution in [1.29, 1.82) is 0 Å². The van der Waals surface area contributed by atoms with Gasteiger partial charge >= 0.3 is 6.43 Å². The third kappa shape index (κ3) is 2.20. The van der Waals surface area contributed by atoms with Gasteiger partial charge in [-0.25, -0.2) is 4.98 Å². The molecule has 1 fully saturated rings. The molecular weight excluding hydrogens is 216 g/mol.